The molecule has 0 amide bonds. The van der Waals surface area contributed by atoms with Crippen molar-refractivity contribution >= 4 is 42.7 Å². The van der Waals surface area contributed by atoms with Gasteiger partial charge in [0.25, 0.3) is 20.0 Å². The SMILES string of the molecule is C[C@H]1CN(S(=O)(=O)c2cccs2)[C@@H](C)CN1S(=O)(=O)c1cccs1. The zero-order valence-corrected chi connectivity index (χ0v) is 16.5. The third-order valence-electron chi connectivity index (χ3n) is 3.99. The molecule has 10 heteroatoms. The third kappa shape index (κ3) is 3.06. The monoisotopic (exact) mass is 406 g/mol. The largest absolute Gasteiger partial charge is 0.252 e. The van der Waals surface area contributed by atoms with Gasteiger partial charge in [-0.15, -0.1) is 22.7 Å². The molecule has 0 N–H and O–H groups in total. The van der Waals surface area contributed by atoms with Gasteiger partial charge in [0.2, 0.25) is 0 Å². The van der Waals surface area contributed by atoms with E-state index in [1.165, 1.54) is 31.3 Å². The molecule has 0 aromatic carbocycles. The quantitative estimate of drug-likeness (QED) is 0.781. The number of rotatable bonds is 4. The zero-order valence-electron chi connectivity index (χ0n) is 13.2. The van der Waals surface area contributed by atoms with E-state index in [1.54, 1.807) is 48.9 Å². The van der Waals surface area contributed by atoms with Crippen molar-refractivity contribution in [2.45, 2.75) is 34.3 Å². The molecular formula is C14H18N2O4S4. The summed E-state index contributed by atoms with van der Waals surface area (Å²) in [7, 11) is -7.18. The van der Waals surface area contributed by atoms with Crippen LogP contribution in [0.3, 0.4) is 0 Å². The Bertz CT molecular complexity index is 812. The molecule has 1 saturated heterocycles. The molecule has 0 saturated carbocycles. The van der Waals surface area contributed by atoms with Crippen LogP contribution in [-0.4, -0.2) is 50.6 Å². The fourth-order valence-corrected chi connectivity index (χ4v) is 8.43. The van der Waals surface area contributed by atoms with E-state index in [0.717, 1.165) is 0 Å². The van der Waals surface area contributed by atoms with Crippen molar-refractivity contribution < 1.29 is 16.8 Å². The van der Waals surface area contributed by atoms with Gasteiger partial charge < -0.3 is 0 Å². The highest BCUT2D eigenvalue weighted by molar-refractivity contribution is 7.91. The molecule has 3 rings (SSSR count). The molecule has 132 valence electrons. The van der Waals surface area contributed by atoms with E-state index in [2.05, 4.69) is 0 Å². The lowest BCUT2D eigenvalue weighted by Crippen LogP contribution is -2.59. The fourth-order valence-electron chi connectivity index (χ4n) is 2.78. The first-order valence-electron chi connectivity index (χ1n) is 7.35. The predicted octanol–water partition coefficient (Wildman–Crippen LogP) is 2.28. The smallest absolute Gasteiger partial charge is 0.206 e. The molecule has 2 aromatic rings. The van der Waals surface area contributed by atoms with E-state index in [4.69, 9.17) is 0 Å². The van der Waals surface area contributed by atoms with Gasteiger partial charge in [0, 0.05) is 25.2 Å². The molecule has 0 aliphatic carbocycles. The second-order valence-electron chi connectivity index (χ2n) is 5.71. The van der Waals surface area contributed by atoms with Crippen LogP contribution in [0.2, 0.25) is 0 Å². The van der Waals surface area contributed by atoms with Crippen LogP contribution in [0.4, 0.5) is 0 Å². The van der Waals surface area contributed by atoms with Crippen molar-refractivity contribution in [2.24, 2.45) is 0 Å². The Morgan fingerprint density at radius 2 is 1.21 bits per heavy atom. The maximum absolute atomic E-state index is 12.8. The summed E-state index contributed by atoms with van der Waals surface area (Å²) in [5, 5.41) is 3.44. The van der Waals surface area contributed by atoms with E-state index in [-0.39, 0.29) is 21.5 Å². The molecule has 24 heavy (non-hydrogen) atoms. The number of sulfonamides is 2. The van der Waals surface area contributed by atoms with Crippen molar-refractivity contribution in [3.05, 3.63) is 35.0 Å². The maximum Gasteiger partial charge on any atom is 0.252 e. The average molecular weight is 407 g/mol. The average Bonchev–Trinajstić information content (AvgIpc) is 3.22. The van der Waals surface area contributed by atoms with E-state index in [1.807, 2.05) is 0 Å². The second kappa shape index (κ2) is 6.50. The molecule has 3 heterocycles. The van der Waals surface area contributed by atoms with Crippen molar-refractivity contribution in [2.75, 3.05) is 13.1 Å². The number of hydrogen-bond acceptors (Lipinski definition) is 6. The summed E-state index contributed by atoms with van der Waals surface area (Å²) in [4.78, 5) is 0. The van der Waals surface area contributed by atoms with Crippen LogP contribution >= 0.6 is 22.7 Å². The van der Waals surface area contributed by atoms with Gasteiger partial charge in [-0.1, -0.05) is 12.1 Å². The summed E-state index contributed by atoms with van der Waals surface area (Å²) in [5.41, 5.74) is 0. The minimum absolute atomic E-state index is 0.145. The molecule has 0 spiro atoms. The van der Waals surface area contributed by atoms with Crippen molar-refractivity contribution in [3.63, 3.8) is 0 Å². The number of piperazine rings is 1. The Morgan fingerprint density at radius 1 is 0.833 bits per heavy atom. The van der Waals surface area contributed by atoms with Gasteiger partial charge in [-0.2, -0.15) is 8.61 Å². The molecule has 1 aliphatic heterocycles. The summed E-state index contributed by atoms with van der Waals surface area (Å²) in [6.45, 7) is 3.78. The summed E-state index contributed by atoms with van der Waals surface area (Å²) < 4.78 is 54.4. The molecule has 0 radical (unpaired) electrons. The first kappa shape index (κ1) is 18.0. The van der Waals surface area contributed by atoms with Crippen molar-refractivity contribution in [1.82, 2.24) is 8.61 Å². The molecule has 1 aliphatic rings. The summed E-state index contributed by atoms with van der Waals surface area (Å²) in [5.74, 6) is 0. The Morgan fingerprint density at radius 3 is 1.50 bits per heavy atom. The Kier molecular flexibility index (Phi) is 4.89. The first-order valence-corrected chi connectivity index (χ1v) is 12.0. The summed E-state index contributed by atoms with van der Waals surface area (Å²) in [6.07, 6.45) is 0. The summed E-state index contributed by atoms with van der Waals surface area (Å²) >= 11 is 2.34. The fraction of sp³-hybridized carbons (Fsp3) is 0.429. The number of nitrogens with zero attached hydrogens (tertiary/aromatic N) is 2. The Balaban J connectivity index is 1.88. The van der Waals surface area contributed by atoms with Crippen molar-refractivity contribution in [3.8, 4) is 0 Å². The molecule has 6 nitrogen and oxygen atoms in total. The minimum atomic E-state index is -3.59. The van der Waals surface area contributed by atoms with Gasteiger partial charge in [0.1, 0.15) is 8.42 Å². The highest BCUT2D eigenvalue weighted by Crippen LogP contribution is 2.30. The molecule has 0 unspecified atom stereocenters. The van der Waals surface area contributed by atoms with Crippen molar-refractivity contribution in [1.29, 1.82) is 0 Å². The molecule has 1 fully saturated rings. The maximum atomic E-state index is 12.8. The van der Waals surface area contributed by atoms with E-state index >= 15 is 0 Å². The normalized spacial score (nSPS) is 24.2. The molecule has 2 aromatic heterocycles. The highest BCUT2D eigenvalue weighted by atomic mass is 32.3. The Labute approximate surface area is 150 Å². The lowest BCUT2D eigenvalue weighted by molar-refractivity contribution is 0.164. The Hall–Kier alpha value is -0.780. The molecular weight excluding hydrogens is 388 g/mol. The second-order valence-corrected chi connectivity index (χ2v) is 11.8. The van der Waals surface area contributed by atoms with Crippen LogP contribution in [0.5, 0.6) is 0 Å². The number of hydrogen-bond donors (Lipinski definition) is 0. The summed E-state index contributed by atoms with van der Waals surface area (Å²) in [6, 6.07) is 5.69. The molecule has 0 bridgehead atoms. The minimum Gasteiger partial charge on any atom is -0.206 e. The predicted molar refractivity (Wildman–Crippen MR) is 95.3 cm³/mol. The first-order chi connectivity index (χ1) is 11.2. The van der Waals surface area contributed by atoms with Crippen LogP contribution < -0.4 is 0 Å². The van der Waals surface area contributed by atoms with Gasteiger partial charge >= 0.3 is 0 Å². The zero-order chi connectivity index (χ0) is 17.5. The van der Waals surface area contributed by atoms with Gasteiger partial charge in [0.05, 0.1) is 0 Å². The molecule has 2 atom stereocenters. The van der Waals surface area contributed by atoms with Gasteiger partial charge in [-0.05, 0) is 36.7 Å². The van der Waals surface area contributed by atoms with E-state index < -0.39 is 32.1 Å². The van der Waals surface area contributed by atoms with Gasteiger partial charge in [0.15, 0.2) is 0 Å². The number of thiophene rings is 2. The lowest BCUT2D eigenvalue weighted by atomic mass is 10.2. The lowest BCUT2D eigenvalue weighted by Gasteiger charge is -2.41. The van der Waals surface area contributed by atoms with Gasteiger partial charge in [-0.3, -0.25) is 0 Å². The van der Waals surface area contributed by atoms with E-state index in [9.17, 15) is 16.8 Å². The van der Waals surface area contributed by atoms with Crippen LogP contribution in [0.25, 0.3) is 0 Å². The van der Waals surface area contributed by atoms with E-state index in [0.29, 0.717) is 0 Å². The van der Waals surface area contributed by atoms with Crippen LogP contribution in [0.15, 0.2) is 43.4 Å². The topological polar surface area (TPSA) is 74.8 Å². The standard InChI is InChI=1S/C14H18N2O4S4/c1-11-9-16(24(19,20)14-6-4-8-22-14)12(2)10-15(11)23(17,18)13-5-3-7-21-13/h3-8,11-12H,9-10H2,1-2H3/t11-,12-/m0/s1. The van der Waals surface area contributed by atoms with Gasteiger partial charge in [-0.25, -0.2) is 16.8 Å². The van der Waals surface area contributed by atoms with Crippen LogP contribution in [0, 0.1) is 0 Å². The van der Waals surface area contributed by atoms with Crippen LogP contribution in [-0.2, 0) is 20.0 Å². The third-order valence-corrected chi connectivity index (χ3v) is 10.7. The highest BCUT2D eigenvalue weighted by Gasteiger charge is 2.42. The van der Waals surface area contributed by atoms with Crippen LogP contribution in [0.1, 0.15) is 13.8 Å².